The van der Waals surface area contributed by atoms with E-state index < -0.39 is 0 Å². The molecule has 0 saturated carbocycles. The van der Waals surface area contributed by atoms with E-state index >= 15 is 0 Å². The van der Waals surface area contributed by atoms with Crippen LogP contribution in [0.25, 0.3) is 0 Å². The Bertz CT molecular complexity index is 337. The third kappa shape index (κ3) is 2.15. The highest BCUT2D eigenvalue weighted by molar-refractivity contribution is 5.29. The van der Waals surface area contributed by atoms with Gasteiger partial charge in [-0.3, -0.25) is 4.90 Å². The molecule has 82 valence electrons. The van der Waals surface area contributed by atoms with Crippen molar-refractivity contribution in [3.63, 3.8) is 0 Å². The van der Waals surface area contributed by atoms with E-state index in [0.717, 1.165) is 0 Å². The molecule has 1 aromatic rings. The quantitative estimate of drug-likeness (QED) is 0.802. The molecule has 1 saturated heterocycles. The van der Waals surface area contributed by atoms with Crippen LogP contribution in [0.2, 0.25) is 0 Å². The lowest BCUT2D eigenvalue weighted by atomic mass is 10.1. The highest BCUT2D eigenvalue weighted by Gasteiger charge is 2.25. The summed E-state index contributed by atoms with van der Waals surface area (Å²) in [5.74, 6) is 0.367. The van der Waals surface area contributed by atoms with Crippen LogP contribution >= 0.6 is 0 Å². The van der Waals surface area contributed by atoms with E-state index in [1.54, 1.807) is 6.07 Å². The van der Waals surface area contributed by atoms with Gasteiger partial charge >= 0.3 is 0 Å². The van der Waals surface area contributed by atoms with Gasteiger partial charge in [0.25, 0.3) is 0 Å². The number of nitrogens with zero attached hydrogens (tertiary/aromatic N) is 1. The first-order valence-corrected chi connectivity index (χ1v) is 5.73. The maximum Gasteiger partial charge on any atom is 0.115 e. The smallest absolute Gasteiger partial charge is 0.115 e. The maximum absolute atomic E-state index is 9.45. The Morgan fingerprint density at radius 2 is 2.27 bits per heavy atom. The lowest BCUT2D eigenvalue weighted by Crippen LogP contribution is -2.29. The van der Waals surface area contributed by atoms with Crippen LogP contribution in [0.5, 0.6) is 5.75 Å². The molecule has 2 atom stereocenters. The average molecular weight is 205 g/mol. The van der Waals surface area contributed by atoms with E-state index in [0.29, 0.717) is 17.8 Å². The Kier molecular flexibility index (Phi) is 2.96. The number of aromatic hydroxyl groups is 1. The molecule has 1 aliphatic rings. The van der Waals surface area contributed by atoms with Crippen LogP contribution in [0.1, 0.15) is 38.3 Å². The summed E-state index contributed by atoms with van der Waals surface area (Å²) >= 11 is 0. The van der Waals surface area contributed by atoms with Crippen LogP contribution in [-0.4, -0.2) is 22.6 Å². The summed E-state index contributed by atoms with van der Waals surface area (Å²) in [6.07, 6.45) is 2.59. The summed E-state index contributed by atoms with van der Waals surface area (Å²) in [7, 11) is 0. The average Bonchev–Trinajstić information content (AvgIpc) is 2.63. The summed E-state index contributed by atoms with van der Waals surface area (Å²) < 4.78 is 0. The molecule has 1 aliphatic heterocycles. The van der Waals surface area contributed by atoms with E-state index in [-0.39, 0.29) is 0 Å². The molecule has 1 N–H and O–H groups in total. The third-order valence-electron chi connectivity index (χ3n) is 3.45. The maximum atomic E-state index is 9.45. The van der Waals surface area contributed by atoms with E-state index in [9.17, 15) is 5.11 Å². The molecule has 2 unspecified atom stereocenters. The highest BCUT2D eigenvalue weighted by atomic mass is 16.3. The van der Waals surface area contributed by atoms with Crippen molar-refractivity contribution in [3.05, 3.63) is 29.8 Å². The number of hydrogen-bond acceptors (Lipinski definition) is 2. The van der Waals surface area contributed by atoms with Gasteiger partial charge in [-0.2, -0.15) is 0 Å². The molecule has 15 heavy (non-hydrogen) atoms. The molecule has 2 rings (SSSR count). The second-order valence-electron chi connectivity index (χ2n) is 4.50. The summed E-state index contributed by atoms with van der Waals surface area (Å²) in [6, 6.07) is 8.69. The van der Waals surface area contributed by atoms with Crippen molar-refractivity contribution in [2.75, 3.05) is 6.54 Å². The SMILES string of the molecule is CC1CCCN1C(C)c1cccc(O)c1. The molecule has 0 radical (unpaired) electrons. The van der Waals surface area contributed by atoms with E-state index in [4.69, 9.17) is 0 Å². The lowest BCUT2D eigenvalue weighted by molar-refractivity contribution is 0.204. The van der Waals surface area contributed by atoms with Gasteiger partial charge < -0.3 is 5.11 Å². The number of rotatable bonds is 2. The predicted octanol–water partition coefficient (Wildman–Crippen LogP) is 2.94. The lowest BCUT2D eigenvalue weighted by Gasteiger charge is -2.28. The van der Waals surface area contributed by atoms with Crippen molar-refractivity contribution in [2.24, 2.45) is 0 Å². The van der Waals surface area contributed by atoms with Crippen LogP contribution < -0.4 is 0 Å². The van der Waals surface area contributed by atoms with Crippen molar-refractivity contribution in [1.29, 1.82) is 0 Å². The first-order chi connectivity index (χ1) is 7.18. The second-order valence-corrected chi connectivity index (χ2v) is 4.50. The van der Waals surface area contributed by atoms with Crippen molar-refractivity contribution in [1.82, 2.24) is 4.90 Å². The number of benzene rings is 1. The number of phenolic OH excluding ortho intramolecular Hbond substituents is 1. The topological polar surface area (TPSA) is 23.5 Å². The molecule has 2 nitrogen and oxygen atoms in total. The predicted molar refractivity (Wildman–Crippen MR) is 61.9 cm³/mol. The number of likely N-dealkylation sites (tertiary alicyclic amines) is 1. The summed E-state index contributed by atoms with van der Waals surface area (Å²) in [5, 5.41) is 9.45. The Balaban J connectivity index is 2.16. The van der Waals surface area contributed by atoms with Crippen LogP contribution in [0.4, 0.5) is 0 Å². The molecule has 1 aromatic carbocycles. The van der Waals surface area contributed by atoms with Gasteiger partial charge in [-0.1, -0.05) is 12.1 Å². The molecule has 2 heteroatoms. The van der Waals surface area contributed by atoms with Gasteiger partial charge in [-0.15, -0.1) is 0 Å². The number of phenols is 1. The third-order valence-corrected chi connectivity index (χ3v) is 3.45. The fourth-order valence-electron chi connectivity index (χ4n) is 2.51. The monoisotopic (exact) mass is 205 g/mol. The Hall–Kier alpha value is -1.02. The minimum absolute atomic E-state index is 0.367. The molecule has 0 aromatic heterocycles. The fraction of sp³-hybridized carbons (Fsp3) is 0.538. The Morgan fingerprint density at radius 3 is 2.87 bits per heavy atom. The molecule has 0 aliphatic carbocycles. The number of hydrogen-bond donors (Lipinski definition) is 1. The zero-order valence-corrected chi connectivity index (χ0v) is 9.48. The van der Waals surface area contributed by atoms with Gasteiger partial charge in [-0.25, -0.2) is 0 Å². The molecule has 0 spiro atoms. The first-order valence-electron chi connectivity index (χ1n) is 5.73. The molecular formula is C13H19NO. The van der Waals surface area contributed by atoms with Crippen molar-refractivity contribution in [3.8, 4) is 5.75 Å². The van der Waals surface area contributed by atoms with E-state index in [2.05, 4.69) is 24.8 Å². The normalized spacial score (nSPS) is 24.3. The molecule has 0 bridgehead atoms. The molecule has 0 amide bonds. The van der Waals surface area contributed by atoms with Gasteiger partial charge in [0.15, 0.2) is 0 Å². The zero-order chi connectivity index (χ0) is 10.8. The van der Waals surface area contributed by atoms with E-state index in [1.807, 2.05) is 12.1 Å². The standard InChI is InChI=1S/C13H19NO/c1-10-5-4-8-14(10)11(2)12-6-3-7-13(15)9-12/h3,6-7,9-11,15H,4-5,8H2,1-2H3. The van der Waals surface area contributed by atoms with Crippen molar-refractivity contribution in [2.45, 2.75) is 38.8 Å². The van der Waals surface area contributed by atoms with Crippen LogP contribution in [-0.2, 0) is 0 Å². The summed E-state index contributed by atoms with van der Waals surface area (Å²) in [5.41, 5.74) is 1.21. The van der Waals surface area contributed by atoms with Gasteiger partial charge in [0.2, 0.25) is 0 Å². The first kappa shape index (κ1) is 10.5. The summed E-state index contributed by atoms with van der Waals surface area (Å²) in [4.78, 5) is 2.51. The largest absolute Gasteiger partial charge is 0.508 e. The Morgan fingerprint density at radius 1 is 1.47 bits per heavy atom. The molecule has 1 heterocycles. The molecule has 1 fully saturated rings. The van der Waals surface area contributed by atoms with Crippen LogP contribution in [0.15, 0.2) is 24.3 Å². The van der Waals surface area contributed by atoms with Gasteiger partial charge in [-0.05, 0) is 50.9 Å². The fourth-order valence-corrected chi connectivity index (χ4v) is 2.51. The summed E-state index contributed by atoms with van der Waals surface area (Å²) in [6.45, 7) is 5.68. The highest BCUT2D eigenvalue weighted by Crippen LogP contribution is 2.29. The van der Waals surface area contributed by atoms with E-state index in [1.165, 1.54) is 24.9 Å². The van der Waals surface area contributed by atoms with Crippen LogP contribution in [0.3, 0.4) is 0 Å². The van der Waals surface area contributed by atoms with Crippen molar-refractivity contribution < 1.29 is 5.11 Å². The van der Waals surface area contributed by atoms with Gasteiger partial charge in [0.1, 0.15) is 5.75 Å². The van der Waals surface area contributed by atoms with Crippen molar-refractivity contribution >= 4 is 0 Å². The zero-order valence-electron chi connectivity index (χ0n) is 9.48. The van der Waals surface area contributed by atoms with Crippen LogP contribution in [0, 0.1) is 0 Å². The Labute approximate surface area is 91.5 Å². The second kappa shape index (κ2) is 4.23. The minimum atomic E-state index is 0.367. The molecular weight excluding hydrogens is 186 g/mol. The van der Waals surface area contributed by atoms with Gasteiger partial charge in [0.05, 0.1) is 0 Å². The minimum Gasteiger partial charge on any atom is -0.508 e. The van der Waals surface area contributed by atoms with Gasteiger partial charge in [0, 0.05) is 12.1 Å².